The van der Waals surface area contributed by atoms with Crippen LogP contribution in [0.5, 0.6) is 0 Å². The van der Waals surface area contributed by atoms with E-state index in [1.165, 1.54) is 4.68 Å². The highest BCUT2D eigenvalue weighted by Gasteiger charge is 2.27. The summed E-state index contributed by atoms with van der Waals surface area (Å²) < 4.78 is 28.8. The van der Waals surface area contributed by atoms with Crippen LogP contribution in [0.2, 0.25) is 0 Å². The molecule has 3 rings (SSSR count). The normalized spacial score (nSPS) is 15.9. The zero-order valence-electron chi connectivity index (χ0n) is 9.23. The number of carboxylic acids is 1. The fourth-order valence-corrected chi connectivity index (χ4v) is 2.08. The molecule has 5 nitrogen and oxygen atoms in total. The third-order valence-electron chi connectivity index (χ3n) is 3.29. The molecule has 1 saturated carbocycles. The highest BCUT2D eigenvalue weighted by atomic mass is 19.2. The van der Waals surface area contributed by atoms with Gasteiger partial charge < -0.3 is 5.11 Å². The van der Waals surface area contributed by atoms with Gasteiger partial charge in [0.05, 0.1) is 6.04 Å². The zero-order chi connectivity index (χ0) is 12.9. The van der Waals surface area contributed by atoms with Gasteiger partial charge in [-0.1, -0.05) is 5.21 Å². The fraction of sp³-hybridized carbons (Fsp3) is 0.364. The monoisotopic (exact) mass is 253 g/mol. The van der Waals surface area contributed by atoms with Gasteiger partial charge in [0.15, 0.2) is 11.6 Å². The molecule has 0 saturated heterocycles. The summed E-state index contributed by atoms with van der Waals surface area (Å²) in [6.45, 7) is 0. The van der Waals surface area contributed by atoms with Crippen LogP contribution in [-0.4, -0.2) is 26.1 Å². The first-order valence-corrected chi connectivity index (χ1v) is 5.55. The molecule has 1 aromatic heterocycles. The van der Waals surface area contributed by atoms with E-state index < -0.39 is 23.2 Å². The smallest absolute Gasteiger partial charge is 0.338 e. The Morgan fingerprint density at radius 3 is 2.67 bits per heavy atom. The Labute approximate surface area is 100 Å². The van der Waals surface area contributed by atoms with Crippen LogP contribution in [0.25, 0.3) is 11.0 Å². The molecule has 1 aliphatic rings. The summed E-state index contributed by atoms with van der Waals surface area (Å²) in [7, 11) is 0. The minimum absolute atomic E-state index is 0.0274. The number of hydrogen-bond donors (Lipinski definition) is 1. The maximum Gasteiger partial charge on any atom is 0.338 e. The van der Waals surface area contributed by atoms with Gasteiger partial charge in [-0.15, -0.1) is 5.10 Å². The van der Waals surface area contributed by atoms with Crippen molar-refractivity contribution in [2.45, 2.75) is 25.3 Å². The molecule has 18 heavy (non-hydrogen) atoms. The summed E-state index contributed by atoms with van der Waals surface area (Å²) in [4.78, 5) is 10.8. The van der Waals surface area contributed by atoms with E-state index >= 15 is 0 Å². The Kier molecular flexibility index (Phi) is 2.29. The number of carboxylic acid groups (broad SMARTS) is 1. The van der Waals surface area contributed by atoms with Gasteiger partial charge in [0.1, 0.15) is 16.6 Å². The summed E-state index contributed by atoms with van der Waals surface area (Å²) >= 11 is 0. The molecular weight excluding hydrogens is 244 g/mol. The Morgan fingerprint density at radius 1 is 1.39 bits per heavy atom. The van der Waals surface area contributed by atoms with Gasteiger partial charge in [-0.3, -0.25) is 0 Å². The lowest BCUT2D eigenvalue weighted by atomic mass is 9.93. The van der Waals surface area contributed by atoms with Crippen molar-refractivity contribution in [1.82, 2.24) is 15.0 Å². The molecule has 7 heteroatoms. The summed E-state index contributed by atoms with van der Waals surface area (Å²) in [6, 6.07) is 1.04. The van der Waals surface area contributed by atoms with Crippen molar-refractivity contribution in [2.75, 3.05) is 0 Å². The van der Waals surface area contributed by atoms with Crippen LogP contribution in [0.1, 0.15) is 35.7 Å². The van der Waals surface area contributed by atoms with Crippen molar-refractivity contribution in [2.24, 2.45) is 0 Å². The number of rotatable bonds is 2. The zero-order valence-corrected chi connectivity index (χ0v) is 9.23. The van der Waals surface area contributed by atoms with E-state index in [4.69, 9.17) is 5.11 Å². The summed E-state index contributed by atoms with van der Waals surface area (Å²) in [6.07, 6.45) is 2.71. The predicted octanol–water partition coefficient (Wildman–Crippen LogP) is 2.13. The van der Waals surface area contributed by atoms with Crippen LogP contribution in [0.15, 0.2) is 6.07 Å². The maximum absolute atomic E-state index is 13.9. The first kappa shape index (κ1) is 11.1. The number of nitrogens with zero attached hydrogens (tertiary/aromatic N) is 3. The predicted molar refractivity (Wildman–Crippen MR) is 57.3 cm³/mol. The molecule has 1 N–H and O–H groups in total. The molecule has 0 spiro atoms. The molecular formula is C11H9F2N3O2. The number of hydrogen-bond acceptors (Lipinski definition) is 3. The second-order valence-electron chi connectivity index (χ2n) is 4.34. The van der Waals surface area contributed by atoms with Crippen molar-refractivity contribution in [3.8, 4) is 0 Å². The van der Waals surface area contributed by atoms with Crippen LogP contribution in [0, 0.1) is 11.6 Å². The van der Waals surface area contributed by atoms with Crippen molar-refractivity contribution >= 4 is 17.0 Å². The SMILES string of the molecule is O=C(O)c1cc2nnn(C3CCC3)c2c(F)c1F. The lowest BCUT2D eigenvalue weighted by Gasteiger charge is -2.25. The second kappa shape index (κ2) is 3.72. The fourth-order valence-electron chi connectivity index (χ4n) is 2.08. The van der Waals surface area contributed by atoms with E-state index in [2.05, 4.69) is 10.3 Å². The number of benzene rings is 1. The molecule has 1 aliphatic carbocycles. The quantitative estimate of drug-likeness (QED) is 0.890. The van der Waals surface area contributed by atoms with Crippen molar-refractivity contribution in [1.29, 1.82) is 0 Å². The average molecular weight is 253 g/mol. The highest BCUT2D eigenvalue weighted by Crippen LogP contribution is 2.34. The van der Waals surface area contributed by atoms with Crippen LogP contribution < -0.4 is 0 Å². The van der Waals surface area contributed by atoms with Crippen molar-refractivity contribution in [3.63, 3.8) is 0 Å². The number of aromatic nitrogens is 3. The van der Waals surface area contributed by atoms with Gasteiger partial charge in [0, 0.05) is 0 Å². The Morgan fingerprint density at radius 2 is 2.11 bits per heavy atom. The van der Waals surface area contributed by atoms with Crippen molar-refractivity contribution in [3.05, 3.63) is 23.3 Å². The Bertz CT molecular complexity index is 649. The molecule has 0 bridgehead atoms. The van der Waals surface area contributed by atoms with E-state index in [0.29, 0.717) is 0 Å². The standard InChI is InChI=1S/C11H9F2N3O2/c12-8-6(11(17)18)4-7-10(9(8)13)16(15-14-7)5-2-1-3-5/h4-5H,1-3H2,(H,17,18). The van der Waals surface area contributed by atoms with Crippen LogP contribution in [0.4, 0.5) is 8.78 Å². The molecule has 0 amide bonds. The first-order valence-electron chi connectivity index (χ1n) is 5.55. The van der Waals surface area contributed by atoms with E-state index in [1.807, 2.05) is 0 Å². The second-order valence-corrected chi connectivity index (χ2v) is 4.34. The third-order valence-corrected chi connectivity index (χ3v) is 3.29. The van der Waals surface area contributed by atoms with E-state index in [-0.39, 0.29) is 17.1 Å². The molecule has 0 atom stereocenters. The summed E-state index contributed by atoms with van der Waals surface area (Å²) in [5.41, 5.74) is -0.707. The van der Waals surface area contributed by atoms with Gasteiger partial charge in [0.25, 0.3) is 0 Å². The lowest BCUT2D eigenvalue weighted by Crippen LogP contribution is -2.19. The van der Waals surface area contributed by atoms with Crippen molar-refractivity contribution < 1.29 is 18.7 Å². The number of fused-ring (bicyclic) bond motifs is 1. The first-order chi connectivity index (χ1) is 8.59. The molecule has 1 aromatic carbocycles. The number of carbonyl (C=O) groups is 1. The van der Waals surface area contributed by atoms with Gasteiger partial charge in [-0.05, 0) is 25.3 Å². The topological polar surface area (TPSA) is 68.0 Å². The van der Waals surface area contributed by atoms with Gasteiger partial charge in [-0.2, -0.15) is 0 Å². The van der Waals surface area contributed by atoms with E-state index in [1.54, 1.807) is 0 Å². The summed E-state index contributed by atoms with van der Waals surface area (Å²) in [5, 5.41) is 16.3. The third kappa shape index (κ3) is 1.40. The van der Waals surface area contributed by atoms with Gasteiger partial charge >= 0.3 is 5.97 Å². The molecule has 1 fully saturated rings. The highest BCUT2D eigenvalue weighted by molar-refractivity contribution is 5.92. The van der Waals surface area contributed by atoms with Crippen LogP contribution in [0.3, 0.4) is 0 Å². The minimum Gasteiger partial charge on any atom is -0.478 e. The Balaban J connectivity index is 2.26. The summed E-state index contributed by atoms with van der Waals surface area (Å²) in [5.74, 6) is -4.08. The van der Waals surface area contributed by atoms with E-state index in [9.17, 15) is 13.6 Å². The minimum atomic E-state index is -1.52. The van der Waals surface area contributed by atoms with Gasteiger partial charge in [0.2, 0.25) is 0 Å². The Hall–Kier alpha value is -2.05. The number of aromatic carboxylic acids is 1. The molecule has 0 aliphatic heterocycles. The molecule has 0 unspecified atom stereocenters. The molecule has 0 radical (unpaired) electrons. The average Bonchev–Trinajstić information content (AvgIpc) is 2.64. The van der Waals surface area contributed by atoms with Crippen LogP contribution >= 0.6 is 0 Å². The lowest BCUT2D eigenvalue weighted by molar-refractivity contribution is 0.0691. The molecule has 2 aromatic rings. The van der Waals surface area contributed by atoms with Gasteiger partial charge in [-0.25, -0.2) is 18.3 Å². The van der Waals surface area contributed by atoms with E-state index in [0.717, 1.165) is 25.3 Å². The largest absolute Gasteiger partial charge is 0.478 e. The molecule has 1 heterocycles. The maximum atomic E-state index is 13.9. The number of halogens is 2. The molecule has 94 valence electrons. The van der Waals surface area contributed by atoms with Crippen LogP contribution in [-0.2, 0) is 0 Å².